The van der Waals surface area contributed by atoms with Gasteiger partial charge in [0.2, 0.25) is 12.1 Å². The van der Waals surface area contributed by atoms with Crippen molar-refractivity contribution in [2.75, 3.05) is 40.6 Å². The van der Waals surface area contributed by atoms with Crippen molar-refractivity contribution in [1.29, 1.82) is 0 Å². The number of hydrogen-bond acceptors (Lipinski definition) is 11. The summed E-state index contributed by atoms with van der Waals surface area (Å²) in [6, 6.07) is 18.0. The fourth-order valence-corrected chi connectivity index (χ4v) is 9.66. The lowest BCUT2D eigenvalue weighted by Crippen LogP contribution is -2.54. The van der Waals surface area contributed by atoms with Gasteiger partial charge in [-0.05, 0) is 79.5 Å². The molecule has 3 aromatic carbocycles. The van der Waals surface area contributed by atoms with Crippen molar-refractivity contribution in [2.24, 2.45) is 17.8 Å². The van der Waals surface area contributed by atoms with Crippen LogP contribution < -0.4 is 20.1 Å². The molecule has 5 heterocycles. The first-order valence-electron chi connectivity index (χ1n) is 24.5. The zero-order valence-electron chi connectivity index (χ0n) is 41.7. The van der Waals surface area contributed by atoms with Crippen molar-refractivity contribution in [2.45, 2.75) is 105 Å². The average Bonchev–Trinajstić information content (AvgIpc) is 4.18. The van der Waals surface area contributed by atoms with Gasteiger partial charge in [-0.15, -0.1) is 0 Å². The molecule has 0 aliphatic carbocycles. The van der Waals surface area contributed by atoms with Crippen LogP contribution in [0.15, 0.2) is 73.1 Å². The number of hydrogen-bond donors (Lipinski definition) is 5. The summed E-state index contributed by atoms with van der Waals surface area (Å²) in [4.78, 5) is 46.1. The number of rotatable bonds is 20. The summed E-state index contributed by atoms with van der Waals surface area (Å²) < 4.78 is 42.2. The number of alkyl carbamates (subject to hydrolysis) is 1. The van der Waals surface area contributed by atoms with Crippen LogP contribution in [0.5, 0.6) is 11.5 Å². The van der Waals surface area contributed by atoms with Crippen LogP contribution in [0.1, 0.15) is 97.2 Å². The predicted octanol–water partition coefficient (Wildman–Crippen LogP) is 8.99. The van der Waals surface area contributed by atoms with E-state index in [1.54, 1.807) is 19.5 Å². The quantitative estimate of drug-likeness (QED) is 0.0461. The molecule has 0 saturated carbocycles. The lowest BCUT2D eigenvalue weighted by molar-refractivity contribution is -0.136. The topological polar surface area (TPSA) is 184 Å². The molecule has 3 aromatic heterocycles. The van der Waals surface area contributed by atoms with Crippen molar-refractivity contribution < 1.29 is 38.0 Å². The molecule has 1 fully saturated rings. The highest BCUT2D eigenvalue weighted by Gasteiger charge is 2.39. The summed E-state index contributed by atoms with van der Waals surface area (Å²) in [7, 11) is 2.90. The molecule has 0 spiro atoms. The fourth-order valence-electron chi connectivity index (χ4n) is 9.66. The number of likely N-dealkylation sites (tertiary alicyclic amines) is 1. The molecule has 5 atom stereocenters. The maximum Gasteiger partial charge on any atom is 0.407 e. The Balaban J connectivity index is 1.13. The monoisotopic (exact) mass is 962 g/mol. The van der Waals surface area contributed by atoms with E-state index in [2.05, 4.69) is 47.4 Å². The average molecular weight is 962 g/mol. The number of imidazole rings is 2. The van der Waals surface area contributed by atoms with Gasteiger partial charge in [0, 0.05) is 42.3 Å². The van der Waals surface area contributed by atoms with E-state index < -0.39 is 36.4 Å². The highest BCUT2D eigenvalue weighted by molar-refractivity contribution is 5.92. The molecule has 17 heteroatoms. The molecule has 0 bridgehead atoms. The van der Waals surface area contributed by atoms with Crippen molar-refractivity contribution in [1.82, 2.24) is 44.9 Å². The second-order valence-corrected chi connectivity index (χ2v) is 19.5. The van der Waals surface area contributed by atoms with Crippen LogP contribution in [0.2, 0.25) is 0 Å². The Labute approximate surface area is 409 Å². The first-order chi connectivity index (χ1) is 33.7. The number of H-pyrrole nitrogens is 2. The van der Waals surface area contributed by atoms with Crippen LogP contribution in [-0.4, -0.2) is 110 Å². The maximum atomic E-state index is 17.0. The number of methoxy groups -OCH3 is 2. The number of nitrogens with zero attached hydrogens (tertiary/aromatic N) is 5. The first kappa shape index (κ1) is 50.1. The number of ether oxygens (including phenoxy) is 4. The predicted molar refractivity (Wildman–Crippen MR) is 266 cm³/mol. The molecule has 1 saturated heterocycles. The Kier molecular flexibility index (Phi) is 15.6. The minimum atomic E-state index is -0.994. The molecule has 6 aromatic rings. The van der Waals surface area contributed by atoms with Crippen molar-refractivity contribution in [3.63, 3.8) is 0 Å². The molecule has 374 valence electrons. The molecule has 16 nitrogen and oxygen atoms in total. The molecule has 2 aliphatic rings. The fraction of sp³-hybridized carbons (Fsp3) is 0.472. The molecular formula is C53H68FN9O7. The lowest BCUT2D eigenvalue weighted by Gasteiger charge is -2.35. The van der Waals surface area contributed by atoms with E-state index >= 15 is 4.39 Å². The molecule has 70 heavy (non-hydrogen) atoms. The van der Waals surface area contributed by atoms with E-state index in [-0.39, 0.29) is 30.5 Å². The summed E-state index contributed by atoms with van der Waals surface area (Å²) >= 11 is 0. The zero-order chi connectivity index (χ0) is 49.8. The first-order valence-corrected chi connectivity index (χ1v) is 24.5. The third kappa shape index (κ3) is 10.6. The van der Waals surface area contributed by atoms with Gasteiger partial charge < -0.3 is 48.8 Å². The number of aromatic amines is 2. The van der Waals surface area contributed by atoms with Gasteiger partial charge in [-0.25, -0.2) is 19.2 Å². The number of halogens is 1. The van der Waals surface area contributed by atoms with Crippen LogP contribution in [0.25, 0.3) is 44.7 Å². The standard InChI is InChI=1S/C53H68FN9O7/c1-10-18-61(50(64)47(31(4)5)57-29-67-8)27-45-55-25-39(58-45)33-16-17-41-36(20-33)23-43-46-38(54)22-35(24-44(46)70-52(63(41)43)34-13-11-14-37(21-34)69-28-30(2)3)40-26-56-49(59-40)42-15-12-19-62(42)51(65)48(32(6)7)60-53(66)68-9/h11,13-14,16-17,20-26,30-32,42,47-48,51-52,57,65H,10,12,15,18-19,27-29H2,1-9H3,(H,55,58)(H,56,59)(H,60,66). The third-order valence-corrected chi connectivity index (χ3v) is 13.2. The van der Waals surface area contributed by atoms with Gasteiger partial charge in [0.1, 0.15) is 35.2 Å². The Morgan fingerprint density at radius 1 is 0.971 bits per heavy atom. The summed E-state index contributed by atoms with van der Waals surface area (Å²) in [5.74, 6) is 2.21. The van der Waals surface area contributed by atoms with E-state index in [0.717, 1.165) is 47.0 Å². The van der Waals surface area contributed by atoms with E-state index in [9.17, 15) is 14.7 Å². The molecule has 2 amide bonds. The Bertz CT molecular complexity index is 2770. The molecule has 0 radical (unpaired) electrons. The summed E-state index contributed by atoms with van der Waals surface area (Å²) in [5.41, 5.74) is 5.46. The highest BCUT2D eigenvalue weighted by atomic mass is 19.1. The number of fused-ring (bicyclic) bond motifs is 5. The van der Waals surface area contributed by atoms with E-state index in [1.165, 1.54) is 13.2 Å². The SMILES string of the molecule is CCCN(Cc1ncc(-c2ccc3c(c2)cc2n3C(c3cccc(OCC(C)C)c3)Oc3cc(-c4cnc(C5CCCN5C(O)C(NC(=O)OC)C(C)C)[nH]4)cc(F)c3-2)[nH]1)C(=O)C(NCOC)C(C)C. The number of aliphatic hydroxyl groups excluding tert-OH is 1. The normalized spacial score (nSPS) is 17.1. The number of aromatic nitrogens is 5. The summed E-state index contributed by atoms with van der Waals surface area (Å²) in [6.45, 7) is 16.5. The summed E-state index contributed by atoms with van der Waals surface area (Å²) in [6.07, 6.45) is 3.52. The van der Waals surface area contributed by atoms with Crippen LogP contribution in [-0.2, 0) is 20.8 Å². The molecular weight excluding hydrogens is 894 g/mol. The molecule has 5 N–H and O–H groups in total. The van der Waals surface area contributed by atoms with Gasteiger partial charge in [-0.2, -0.15) is 0 Å². The summed E-state index contributed by atoms with van der Waals surface area (Å²) in [5, 5.41) is 18.5. The van der Waals surface area contributed by atoms with Crippen molar-refractivity contribution in [3.05, 3.63) is 96.1 Å². The second kappa shape index (κ2) is 21.8. The van der Waals surface area contributed by atoms with E-state index in [0.29, 0.717) is 77.8 Å². The zero-order valence-corrected chi connectivity index (χ0v) is 41.7. The van der Waals surface area contributed by atoms with Crippen LogP contribution in [0, 0.1) is 23.6 Å². The lowest BCUT2D eigenvalue weighted by atomic mass is 10.0. The van der Waals surface area contributed by atoms with Gasteiger partial charge in [0.15, 0.2) is 0 Å². The highest BCUT2D eigenvalue weighted by Crippen LogP contribution is 2.48. The second-order valence-electron chi connectivity index (χ2n) is 19.5. The minimum absolute atomic E-state index is 0.00479. The number of nitrogens with one attached hydrogen (secondary N) is 4. The van der Waals surface area contributed by atoms with E-state index in [4.69, 9.17) is 28.9 Å². The van der Waals surface area contributed by atoms with Crippen molar-refractivity contribution >= 4 is 22.9 Å². The number of benzene rings is 3. The van der Waals surface area contributed by atoms with E-state index in [1.807, 2.05) is 90.6 Å². The largest absolute Gasteiger partial charge is 0.493 e. The Hall–Kier alpha value is -6.27. The molecule has 2 aliphatic heterocycles. The van der Waals surface area contributed by atoms with Gasteiger partial charge in [0.05, 0.1) is 85.7 Å². The van der Waals surface area contributed by atoms with Crippen molar-refractivity contribution in [3.8, 4) is 45.3 Å². The third-order valence-electron chi connectivity index (χ3n) is 13.2. The Morgan fingerprint density at radius 2 is 1.76 bits per heavy atom. The molecule has 5 unspecified atom stereocenters. The number of aliphatic hydroxyl groups is 1. The van der Waals surface area contributed by atoms with Gasteiger partial charge >= 0.3 is 6.09 Å². The van der Waals surface area contributed by atoms with Crippen LogP contribution in [0.4, 0.5) is 9.18 Å². The minimum Gasteiger partial charge on any atom is -0.493 e. The van der Waals surface area contributed by atoms with Crippen LogP contribution >= 0.6 is 0 Å². The molecule has 8 rings (SSSR count). The number of carbonyl (C=O) groups is 2. The number of carbonyl (C=O) groups excluding carboxylic acids is 2. The van der Waals surface area contributed by atoms with Crippen LogP contribution in [0.3, 0.4) is 0 Å². The smallest absolute Gasteiger partial charge is 0.407 e. The van der Waals surface area contributed by atoms with Gasteiger partial charge in [-0.1, -0.05) is 66.7 Å². The maximum absolute atomic E-state index is 17.0. The Morgan fingerprint density at radius 3 is 2.49 bits per heavy atom. The van der Waals surface area contributed by atoms with Gasteiger partial charge in [-0.3, -0.25) is 15.0 Å². The number of amides is 2. The van der Waals surface area contributed by atoms with Gasteiger partial charge in [0.25, 0.3) is 0 Å².